The number of hydrogen-bond acceptors (Lipinski definition) is 2. The molecule has 0 aliphatic heterocycles. The maximum atomic E-state index is 5.21. The van der Waals surface area contributed by atoms with Gasteiger partial charge >= 0.3 is 0 Å². The van der Waals surface area contributed by atoms with E-state index in [9.17, 15) is 0 Å². The molecule has 3 heterocycles. The van der Waals surface area contributed by atoms with E-state index in [0.29, 0.717) is 0 Å². The smallest absolute Gasteiger partial charge is 0.142 e. The van der Waals surface area contributed by atoms with Gasteiger partial charge in [-0.05, 0) is 19.9 Å². The Bertz CT molecular complexity index is 1540. The Morgan fingerprint density at radius 1 is 0.794 bits per heavy atom. The molecule has 0 aliphatic rings. The molecule has 0 spiro atoms. The second-order valence-corrected chi connectivity index (χ2v) is 8.79. The predicted octanol–water partition coefficient (Wildman–Crippen LogP) is 6.70. The van der Waals surface area contributed by atoms with E-state index in [1.54, 1.807) is 6.20 Å². The highest BCUT2D eigenvalue weighted by Gasteiger charge is 2.23. The molecule has 0 saturated heterocycles. The van der Waals surface area contributed by atoms with E-state index in [4.69, 9.17) is 4.98 Å². The number of rotatable bonds is 4. The van der Waals surface area contributed by atoms with Crippen LogP contribution in [0.25, 0.3) is 50.6 Å². The first kappa shape index (κ1) is 20.2. The molecule has 0 saturated carbocycles. The second kappa shape index (κ2) is 7.89. The SMILES string of the molecule is Cc1ccc(-c2nc(-c3c(-n4ccnc4)n(C)c4ccccc34)[nH]c2-c2ccc(C)cc2)cc1. The number of hydrogen-bond donors (Lipinski definition) is 1. The van der Waals surface area contributed by atoms with Crippen molar-refractivity contribution < 1.29 is 0 Å². The van der Waals surface area contributed by atoms with Gasteiger partial charge in [0, 0.05) is 36.0 Å². The van der Waals surface area contributed by atoms with Gasteiger partial charge in [0.1, 0.15) is 18.0 Å². The van der Waals surface area contributed by atoms with Crippen molar-refractivity contribution in [3.8, 4) is 39.7 Å². The molecule has 3 aromatic carbocycles. The average Bonchev–Trinajstić information content (AvgIpc) is 3.59. The molecule has 6 rings (SSSR count). The van der Waals surface area contributed by atoms with E-state index < -0.39 is 0 Å². The number of nitrogens with zero attached hydrogens (tertiary/aromatic N) is 4. The molecule has 6 aromatic rings. The number of benzene rings is 3. The van der Waals surface area contributed by atoms with E-state index in [1.807, 2.05) is 12.5 Å². The Morgan fingerprint density at radius 2 is 1.47 bits per heavy atom. The summed E-state index contributed by atoms with van der Waals surface area (Å²) in [6.45, 7) is 4.21. The normalized spacial score (nSPS) is 11.4. The maximum absolute atomic E-state index is 5.21. The molecule has 3 aromatic heterocycles. The Labute approximate surface area is 198 Å². The van der Waals surface area contributed by atoms with Gasteiger partial charge < -0.3 is 9.55 Å². The summed E-state index contributed by atoms with van der Waals surface area (Å²) in [6.07, 6.45) is 5.61. The van der Waals surface area contributed by atoms with Crippen molar-refractivity contribution >= 4 is 10.9 Å². The number of aryl methyl sites for hydroxylation is 3. The first-order valence-corrected chi connectivity index (χ1v) is 11.4. The van der Waals surface area contributed by atoms with Gasteiger partial charge in [0.15, 0.2) is 0 Å². The molecule has 5 heteroatoms. The van der Waals surface area contributed by atoms with Crippen molar-refractivity contribution in [3.05, 3.63) is 103 Å². The van der Waals surface area contributed by atoms with Crippen LogP contribution in [0.2, 0.25) is 0 Å². The van der Waals surface area contributed by atoms with Crippen LogP contribution in [0.15, 0.2) is 91.5 Å². The summed E-state index contributed by atoms with van der Waals surface area (Å²) in [5, 5.41) is 1.15. The fraction of sp³-hybridized carbons (Fsp3) is 0.103. The average molecular weight is 444 g/mol. The van der Waals surface area contributed by atoms with Gasteiger partial charge in [-0.3, -0.25) is 4.57 Å². The Morgan fingerprint density at radius 3 is 2.15 bits per heavy atom. The lowest BCUT2D eigenvalue weighted by atomic mass is 10.0. The molecule has 0 atom stereocenters. The zero-order chi connectivity index (χ0) is 23.2. The van der Waals surface area contributed by atoms with Crippen LogP contribution in [0.4, 0.5) is 0 Å². The van der Waals surface area contributed by atoms with Gasteiger partial charge in [-0.25, -0.2) is 9.97 Å². The molecule has 0 fully saturated rings. The van der Waals surface area contributed by atoms with Crippen LogP contribution in [0.1, 0.15) is 11.1 Å². The molecule has 5 nitrogen and oxygen atoms in total. The van der Waals surface area contributed by atoms with Gasteiger partial charge in [-0.1, -0.05) is 77.9 Å². The van der Waals surface area contributed by atoms with Crippen LogP contribution in [0.3, 0.4) is 0 Å². The van der Waals surface area contributed by atoms with Gasteiger partial charge in [-0.2, -0.15) is 0 Å². The van der Waals surface area contributed by atoms with Crippen LogP contribution in [0, 0.1) is 13.8 Å². The number of aromatic amines is 1. The van der Waals surface area contributed by atoms with Crippen molar-refractivity contribution in [3.63, 3.8) is 0 Å². The highest BCUT2D eigenvalue weighted by atomic mass is 15.2. The zero-order valence-corrected chi connectivity index (χ0v) is 19.4. The predicted molar refractivity (Wildman–Crippen MR) is 138 cm³/mol. The maximum Gasteiger partial charge on any atom is 0.142 e. The quantitative estimate of drug-likeness (QED) is 0.329. The van der Waals surface area contributed by atoms with Crippen molar-refractivity contribution in [2.24, 2.45) is 7.05 Å². The van der Waals surface area contributed by atoms with Crippen molar-refractivity contribution in [2.75, 3.05) is 0 Å². The molecule has 0 amide bonds. The molecule has 0 bridgehead atoms. The molecular weight excluding hydrogens is 418 g/mol. The number of aromatic nitrogens is 5. The molecule has 166 valence electrons. The Balaban J connectivity index is 1.65. The molecule has 0 unspecified atom stereocenters. The number of fused-ring (bicyclic) bond motifs is 1. The number of nitrogens with one attached hydrogen (secondary N) is 1. The van der Waals surface area contributed by atoms with E-state index in [0.717, 1.165) is 50.6 Å². The fourth-order valence-electron chi connectivity index (χ4n) is 4.64. The van der Waals surface area contributed by atoms with E-state index >= 15 is 0 Å². The summed E-state index contributed by atoms with van der Waals surface area (Å²) in [5.41, 5.74) is 8.84. The van der Waals surface area contributed by atoms with Crippen LogP contribution >= 0.6 is 0 Å². The summed E-state index contributed by atoms with van der Waals surface area (Å²) < 4.78 is 4.25. The summed E-state index contributed by atoms with van der Waals surface area (Å²) in [7, 11) is 2.09. The number of H-pyrrole nitrogens is 1. The number of imidazole rings is 2. The van der Waals surface area contributed by atoms with Crippen LogP contribution in [0.5, 0.6) is 0 Å². The fourth-order valence-corrected chi connectivity index (χ4v) is 4.64. The van der Waals surface area contributed by atoms with Crippen molar-refractivity contribution in [2.45, 2.75) is 13.8 Å². The molecule has 34 heavy (non-hydrogen) atoms. The highest BCUT2D eigenvalue weighted by Crippen LogP contribution is 2.39. The third kappa shape index (κ3) is 3.25. The molecular formula is C29H25N5. The minimum atomic E-state index is 0.839. The van der Waals surface area contributed by atoms with Gasteiger partial charge in [0.25, 0.3) is 0 Å². The largest absolute Gasteiger partial charge is 0.337 e. The zero-order valence-electron chi connectivity index (χ0n) is 19.4. The first-order chi connectivity index (χ1) is 16.6. The van der Waals surface area contributed by atoms with Gasteiger partial charge in [0.05, 0.1) is 22.5 Å². The van der Waals surface area contributed by atoms with E-state index in [1.165, 1.54) is 11.1 Å². The summed E-state index contributed by atoms with van der Waals surface area (Å²) in [6, 6.07) is 25.6. The highest BCUT2D eigenvalue weighted by molar-refractivity contribution is 6.00. The standard InChI is InChI=1S/C29H25N5/c1-19-8-12-21(13-9-19)26-27(22-14-10-20(2)11-15-22)32-28(31-26)25-23-6-4-5-7-24(23)33(3)29(25)34-17-16-30-18-34/h4-18H,1-3H3,(H,31,32). The Kier molecular flexibility index (Phi) is 4.69. The van der Waals surface area contributed by atoms with Gasteiger partial charge in [-0.15, -0.1) is 0 Å². The lowest BCUT2D eigenvalue weighted by molar-refractivity contribution is 0.868. The third-order valence-corrected chi connectivity index (χ3v) is 6.43. The van der Waals surface area contributed by atoms with Gasteiger partial charge in [0.2, 0.25) is 0 Å². The minimum Gasteiger partial charge on any atom is -0.337 e. The van der Waals surface area contributed by atoms with Crippen LogP contribution in [-0.2, 0) is 7.05 Å². The molecule has 1 N–H and O–H groups in total. The lowest BCUT2D eigenvalue weighted by Crippen LogP contribution is -2.01. The van der Waals surface area contributed by atoms with Crippen molar-refractivity contribution in [1.82, 2.24) is 24.1 Å². The van der Waals surface area contributed by atoms with Crippen LogP contribution in [-0.4, -0.2) is 24.1 Å². The first-order valence-electron chi connectivity index (χ1n) is 11.4. The third-order valence-electron chi connectivity index (χ3n) is 6.43. The van der Waals surface area contributed by atoms with E-state index in [-0.39, 0.29) is 0 Å². The summed E-state index contributed by atoms with van der Waals surface area (Å²) >= 11 is 0. The monoisotopic (exact) mass is 443 g/mol. The minimum absolute atomic E-state index is 0.839. The summed E-state index contributed by atoms with van der Waals surface area (Å²) in [5.74, 6) is 1.87. The van der Waals surface area contributed by atoms with E-state index in [2.05, 4.69) is 113 Å². The van der Waals surface area contributed by atoms with Crippen LogP contribution < -0.4 is 0 Å². The molecule has 0 aliphatic carbocycles. The van der Waals surface area contributed by atoms with Crippen molar-refractivity contribution in [1.29, 1.82) is 0 Å². The molecule has 0 radical (unpaired) electrons. The summed E-state index contributed by atoms with van der Waals surface area (Å²) in [4.78, 5) is 13.2. The lowest BCUT2D eigenvalue weighted by Gasteiger charge is -2.07. The topological polar surface area (TPSA) is 51.4 Å². The second-order valence-electron chi connectivity index (χ2n) is 8.79. The number of para-hydroxylation sites is 1. The Hall–Kier alpha value is -4.38.